The Kier molecular flexibility index (Phi) is 4.44. The summed E-state index contributed by atoms with van der Waals surface area (Å²) in [6.45, 7) is 3.02. The van der Waals surface area contributed by atoms with Crippen molar-refractivity contribution in [1.82, 2.24) is 19.4 Å². The third kappa shape index (κ3) is 3.27. The Hall–Kier alpha value is -2.20. The highest BCUT2D eigenvalue weighted by Gasteiger charge is 2.23. The molecular weight excluding hydrogens is 332 g/mol. The molecule has 1 aliphatic heterocycles. The van der Waals surface area contributed by atoms with Crippen LogP contribution in [0.25, 0.3) is 10.9 Å². The fourth-order valence-electron chi connectivity index (χ4n) is 4.81. The van der Waals surface area contributed by atoms with Crippen molar-refractivity contribution in [3.05, 3.63) is 59.3 Å². The summed E-state index contributed by atoms with van der Waals surface area (Å²) in [7, 11) is 2.18. The molecule has 1 aliphatic carbocycles. The predicted octanol–water partition coefficient (Wildman–Crippen LogP) is 4.57. The van der Waals surface area contributed by atoms with Gasteiger partial charge in [0.05, 0.1) is 0 Å². The Morgan fingerprint density at radius 1 is 1.11 bits per heavy atom. The van der Waals surface area contributed by atoms with Crippen molar-refractivity contribution in [2.24, 2.45) is 7.05 Å². The van der Waals surface area contributed by atoms with Gasteiger partial charge in [0.2, 0.25) is 0 Å². The monoisotopic (exact) mass is 360 g/mol. The SMILES string of the molecule is Cn1c(CN2CCc3nc(C4CCCCC4)ncc3C2)cc2ccccc21. The number of benzene rings is 1. The molecule has 0 saturated heterocycles. The van der Waals surface area contributed by atoms with Crippen LogP contribution < -0.4 is 0 Å². The zero-order chi connectivity index (χ0) is 18.2. The number of aryl methyl sites for hydroxylation is 1. The highest BCUT2D eigenvalue weighted by atomic mass is 15.2. The Morgan fingerprint density at radius 3 is 2.81 bits per heavy atom. The van der Waals surface area contributed by atoms with E-state index in [1.165, 1.54) is 60.0 Å². The third-order valence-electron chi connectivity index (χ3n) is 6.44. The van der Waals surface area contributed by atoms with Gasteiger partial charge in [-0.05, 0) is 30.4 Å². The summed E-state index contributed by atoms with van der Waals surface area (Å²) in [5, 5.41) is 1.33. The van der Waals surface area contributed by atoms with Crippen molar-refractivity contribution < 1.29 is 0 Å². The lowest BCUT2D eigenvalue weighted by atomic mass is 9.88. The van der Waals surface area contributed by atoms with E-state index in [0.717, 1.165) is 31.9 Å². The van der Waals surface area contributed by atoms with Crippen molar-refractivity contribution in [2.45, 2.75) is 57.5 Å². The van der Waals surface area contributed by atoms with Gasteiger partial charge in [-0.25, -0.2) is 9.97 Å². The van der Waals surface area contributed by atoms with Crippen LogP contribution in [0.2, 0.25) is 0 Å². The molecule has 1 aromatic carbocycles. The molecule has 4 nitrogen and oxygen atoms in total. The zero-order valence-corrected chi connectivity index (χ0v) is 16.2. The molecule has 1 saturated carbocycles. The molecular formula is C23H28N4. The Morgan fingerprint density at radius 2 is 1.96 bits per heavy atom. The molecule has 140 valence electrons. The Balaban J connectivity index is 1.32. The second kappa shape index (κ2) is 7.08. The fourth-order valence-corrected chi connectivity index (χ4v) is 4.81. The maximum Gasteiger partial charge on any atom is 0.131 e. The van der Waals surface area contributed by atoms with E-state index in [1.807, 2.05) is 0 Å². The summed E-state index contributed by atoms with van der Waals surface area (Å²) in [6.07, 6.45) is 9.75. The molecule has 3 heterocycles. The minimum atomic E-state index is 0.595. The molecule has 0 radical (unpaired) electrons. The number of fused-ring (bicyclic) bond motifs is 2. The normalized spacial score (nSPS) is 18.7. The molecule has 0 amide bonds. The number of para-hydroxylation sites is 1. The van der Waals surface area contributed by atoms with Crippen LogP contribution in [0.15, 0.2) is 36.5 Å². The standard InChI is InChI=1S/C23H28N4/c1-26-20(13-18-9-5-6-10-22(18)26)16-27-12-11-21-19(15-27)14-24-23(25-21)17-7-3-2-4-8-17/h5-6,9-10,13-14,17H,2-4,7-8,11-12,15-16H2,1H3. The van der Waals surface area contributed by atoms with Gasteiger partial charge >= 0.3 is 0 Å². The molecule has 0 bridgehead atoms. The summed E-state index contributed by atoms with van der Waals surface area (Å²) in [6, 6.07) is 11.0. The number of nitrogens with zero attached hydrogens (tertiary/aromatic N) is 4. The van der Waals surface area contributed by atoms with Gasteiger partial charge < -0.3 is 4.57 Å². The summed E-state index contributed by atoms with van der Waals surface area (Å²) in [5.41, 5.74) is 5.29. The molecule has 3 aromatic rings. The van der Waals surface area contributed by atoms with Crippen molar-refractivity contribution in [1.29, 1.82) is 0 Å². The van der Waals surface area contributed by atoms with Gasteiger partial charge in [0.15, 0.2) is 0 Å². The maximum absolute atomic E-state index is 4.99. The Labute approximate surface area is 161 Å². The van der Waals surface area contributed by atoms with E-state index in [4.69, 9.17) is 9.97 Å². The second-order valence-electron chi connectivity index (χ2n) is 8.25. The van der Waals surface area contributed by atoms with Crippen molar-refractivity contribution >= 4 is 10.9 Å². The molecule has 1 fully saturated rings. The fraction of sp³-hybridized carbons (Fsp3) is 0.478. The van der Waals surface area contributed by atoms with Gasteiger partial charge in [0, 0.05) is 67.7 Å². The van der Waals surface area contributed by atoms with E-state index in [-0.39, 0.29) is 0 Å². The highest BCUT2D eigenvalue weighted by Crippen LogP contribution is 2.31. The van der Waals surface area contributed by atoms with Crippen LogP contribution >= 0.6 is 0 Å². The minimum Gasteiger partial charge on any atom is -0.346 e. The molecule has 5 rings (SSSR count). The number of aromatic nitrogens is 3. The van der Waals surface area contributed by atoms with Crippen molar-refractivity contribution in [3.63, 3.8) is 0 Å². The van der Waals surface area contributed by atoms with Crippen molar-refractivity contribution in [3.8, 4) is 0 Å². The third-order valence-corrected chi connectivity index (χ3v) is 6.44. The quantitative estimate of drug-likeness (QED) is 0.686. The first kappa shape index (κ1) is 16.9. The highest BCUT2D eigenvalue weighted by molar-refractivity contribution is 5.81. The largest absolute Gasteiger partial charge is 0.346 e. The van der Waals surface area contributed by atoms with Crippen LogP contribution in [-0.4, -0.2) is 26.0 Å². The molecule has 0 N–H and O–H groups in total. The van der Waals surface area contributed by atoms with E-state index in [2.05, 4.69) is 53.0 Å². The first-order chi connectivity index (χ1) is 13.3. The predicted molar refractivity (Wildman–Crippen MR) is 109 cm³/mol. The molecule has 4 heteroatoms. The smallest absolute Gasteiger partial charge is 0.131 e. The first-order valence-corrected chi connectivity index (χ1v) is 10.4. The van der Waals surface area contributed by atoms with Gasteiger partial charge in [0.25, 0.3) is 0 Å². The lowest BCUT2D eigenvalue weighted by Gasteiger charge is -2.29. The number of hydrogen-bond acceptors (Lipinski definition) is 3. The topological polar surface area (TPSA) is 34.0 Å². The maximum atomic E-state index is 4.99. The minimum absolute atomic E-state index is 0.595. The molecule has 2 aliphatic rings. The van der Waals surface area contributed by atoms with Gasteiger partial charge in [-0.2, -0.15) is 0 Å². The molecule has 0 spiro atoms. The van der Waals surface area contributed by atoms with E-state index in [9.17, 15) is 0 Å². The molecule has 0 unspecified atom stereocenters. The lowest BCUT2D eigenvalue weighted by Crippen LogP contribution is -2.32. The summed E-state index contributed by atoms with van der Waals surface area (Å²) < 4.78 is 2.33. The molecule has 0 atom stereocenters. The van der Waals surface area contributed by atoms with Crippen LogP contribution in [0.5, 0.6) is 0 Å². The second-order valence-corrected chi connectivity index (χ2v) is 8.25. The Bertz CT molecular complexity index is 952. The average molecular weight is 361 g/mol. The summed E-state index contributed by atoms with van der Waals surface area (Å²) >= 11 is 0. The van der Waals surface area contributed by atoms with Crippen LogP contribution in [0, 0.1) is 0 Å². The van der Waals surface area contributed by atoms with E-state index < -0.39 is 0 Å². The lowest BCUT2D eigenvalue weighted by molar-refractivity contribution is 0.237. The van der Waals surface area contributed by atoms with Gasteiger partial charge in [-0.1, -0.05) is 37.5 Å². The number of rotatable bonds is 3. The number of hydrogen-bond donors (Lipinski definition) is 0. The summed E-state index contributed by atoms with van der Waals surface area (Å²) in [4.78, 5) is 12.3. The van der Waals surface area contributed by atoms with Crippen LogP contribution in [0.1, 0.15) is 60.8 Å². The molecule has 2 aromatic heterocycles. The van der Waals surface area contributed by atoms with Crippen LogP contribution in [0.3, 0.4) is 0 Å². The first-order valence-electron chi connectivity index (χ1n) is 10.4. The van der Waals surface area contributed by atoms with Gasteiger partial charge in [-0.15, -0.1) is 0 Å². The summed E-state index contributed by atoms with van der Waals surface area (Å²) in [5.74, 6) is 1.70. The van der Waals surface area contributed by atoms with Gasteiger partial charge in [0.1, 0.15) is 5.82 Å². The van der Waals surface area contributed by atoms with E-state index in [1.54, 1.807) is 0 Å². The van der Waals surface area contributed by atoms with E-state index in [0.29, 0.717) is 5.92 Å². The van der Waals surface area contributed by atoms with Crippen molar-refractivity contribution in [2.75, 3.05) is 6.54 Å². The van der Waals surface area contributed by atoms with Crippen LogP contribution in [-0.2, 0) is 26.6 Å². The van der Waals surface area contributed by atoms with Gasteiger partial charge in [-0.3, -0.25) is 4.90 Å². The zero-order valence-electron chi connectivity index (χ0n) is 16.2. The van der Waals surface area contributed by atoms with E-state index >= 15 is 0 Å². The average Bonchev–Trinajstić information content (AvgIpc) is 3.04. The molecule has 27 heavy (non-hydrogen) atoms. The van der Waals surface area contributed by atoms with Crippen LogP contribution in [0.4, 0.5) is 0 Å².